The Morgan fingerprint density at radius 3 is 1.71 bits per heavy atom. The Kier molecular flexibility index (Phi) is 5.08. The van der Waals surface area contributed by atoms with Gasteiger partial charge in [-0.15, -0.1) is 0 Å². The van der Waals surface area contributed by atoms with Crippen LogP contribution in [0.15, 0.2) is 158 Å². The molecule has 0 atom stereocenters. The molecule has 0 spiro atoms. The lowest BCUT2D eigenvalue weighted by Gasteiger charge is -2.14. The van der Waals surface area contributed by atoms with Crippen molar-refractivity contribution in [1.29, 1.82) is 0 Å². The molecule has 1 aliphatic rings. The molecule has 0 fully saturated rings. The zero-order valence-electron chi connectivity index (χ0n) is 25.8. The predicted octanol–water partition coefficient (Wildman–Crippen LogP) is 11.1. The molecule has 10 aromatic rings. The Labute approximate surface area is 275 Å². The molecule has 0 saturated carbocycles. The average Bonchev–Trinajstić information content (AvgIpc) is 3.79. The molecular formula is C44H26N4. The van der Waals surface area contributed by atoms with Crippen LogP contribution in [-0.2, 0) is 0 Å². The first-order valence-corrected chi connectivity index (χ1v) is 16.4. The highest BCUT2D eigenvalue weighted by Gasteiger charge is 2.30. The van der Waals surface area contributed by atoms with Crippen LogP contribution >= 0.6 is 0 Å². The molecule has 48 heavy (non-hydrogen) atoms. The number of hydrogen-bond acceptors (Lipinski definition) is 2. The zero-order chi connectivity index (χ0) is 31.3. The van der Waals surface area contributed by atoms with Gasteiger partial charge in [0.05, 0.1) is 33.5 Å². The highest BCUT2D eigenvalue weighted by atomic mass is 15.2. The number of para-hydroxylation sites is 4. The maximum absolute atomic E-state index is 5.41. The maximum atomic E-state index is 5.41. The molecule has 1 aliphatic carbocycles. The summed E-state index contributed by atoms with van der Waals surface area (Å²) in [5.41, 5.74) is 12.4. The van der Waals surface area contributed by atoms with Crippen LogP contribution < -0.4 is 0 Å². The summed E-state index contributed by atoms with van der Waals surface area (Å²) in [7, 11) is 0. The monoisotopic (exact) mass is 610 g/mol. The minimum absolute atomic E-state index is 0.678. The van der Waals surface area contributed by atoms with Crippen molar-refractivity contribution in [2.75, 3.05) is 0 Å². The number of rotatable bonds is 3. The SMILES string of the molecule is c1cc2c3c(cccc3c1)-c1c-2c2ccccc2n1-c1nc(-c2ccc(-n3c4ccccc4c4ccccc43)cc2)c2ccccc2n1. The van der Waals surface area contributed by atoms with E-state index in [1.165, 1.54) is 54.7 Å². The first-order valence-electron chi connectivity index (χ1n) is 16.4. The van der Waals surface area contributed by atoms with E-state index in [4.69, 9.17) is 9.97 Å². The lowest BCUT2D eigenvalue weighted by molar-refractivity contribution is 0.993. The highest BCUT2D eigenvalue weighted by molar-refractivity contribution is 6.22. The smallest absolute Gasteiger partial charge is 0.235 e. The van der Waals surface area contributed by atoms with Gasteiger partial charge in [-0.1, -0.05) is 121 Å². The zero-order valence-corrected chi connectivity index (χ0v) is 25.8. The van der Waals surface area contributed by atoms with Crippen LogP contribution in [0.4, 0.5) is 0 Å². The second-order valence-electron chi connectivity index (χ2n) is 12.6. The van der Waals surface area contributed by atoms with E-state index < -0.39 is 0 Å². The Hall–Kier alpha value is -6.52. The summed E-state index contributed by atoms with van der Waals surface area (Å²) < 4.78 is 4.63. The van der Waals surface area contributed by atoms with Gasteiger partial charge in [0.1, 0.15) is 0 Å². The number of nitrogens with zero attached hydrogens (tertiary/aromatic N) is 4. The summed E-state index contributed by atoms with van der Waals surface area (Å²) in [6.45, 7) is 0. The van der Waals surface area contributed by atoms with Gasteiger partial charge >= 0.3 is 0 Å². The number of benzene rings is 7. The molecule has 3 heterocycles. The summed E-state index contributed by atoms with van der Waals surface area (Å²) in [5, 5.41) is 7.31. The third kappa shape index (κ3) is 3.38. The summed E-state index contributed by atoms with van der Waals surface area (Å²) >= 11 is 0. The minimum atomic E-state index is 0.678. The summed E-state index contributed by atoms with van der Waals surface area (Å²) in [5.74, 6) is 0.678. The van der Waals surface area contributed by atoms with Crippen molar-refractivity contribution in [1.82, 2.24) is 19.1 Å². The van der Waals surface area contributed by atoms with E-state index in [-0.39, 0.29) is 0 Å². The van der Waals surface area contributed by atoms with Gasteiger partial charge in [-0.2, -0.15) is 0 Å². The van der Waals surface area contributed by atoms with Gasteiger partial charge in [0.2, 0.25) is 5.95 Å². The number of aromatic nitrogens is 4. The molecule has 0 unspecified atom stereocenters. The van der Waals surface area contributed by atoms with E-state index in [0.717, 1.165) is 39.1 Å². The average molecular weight is 611 g/mol. The quantitative estimate of drug-likeness (QED) is 0.199. The van der Waals surface area contributed by atoms with Crippen LogP contribution in [-0.4, -0.2) is 19.1 Å². The van der Waals surface area contributed by atoms with E-state index in [2.05, 4.69) is 167 Å². The van der Waals surface area contributed by atoms with Gasteiger partial charge < -0.3 is 4.57 Å². The fourth-order valence-corrected chi connectivity index (χ4v) is 8.08. The van der Waals surface area contributed by atoms with Crippen LogP contribution in [0.5, 0.6) is 0 Å². The summed E-state index contributed by atoms with van der Waals surface area (Å²) in [6.07, 6.45) is 0. The second-order valence-corrected chi connectivity index (χ2v) is 12.6. The normalized spacial score (nSPS) is 12.2. The fourth-order valence-electron chi connectivity index (χ4n) is 8.08. The molecule has 4 nitrogen and oxygen atoms in total. The van der Waals surface area contributed by atoms with Crippen molar-refractivity contribution in [3.8, 4) is 45.3 Å². The molecule has 3 aromatic heterocycles. The van der Waals surface area contributed by atoms with Crippen LogP contribution in [0.1, 0.15) is 0 Å². The van der Waals surface area contributed by atoms with Crippen molar-refractivity contribution in [2.45, 2.75) is 0 Å². The van der Waals surface area contributed by atoms with Crippen molar-refractivity contribution in [2.24, 2.45) is 0 Å². The van der Waals surface area contributed by atoms with E-state index in [1.807, 2.05) is 0 Å². The van der Waals surface area contributed by atoms with E-state index in [9.17, 15) is 0 Å². The van der Waals surface area contributed by atoms with Crippen molar-refractivity contribution in [3.05, 3.63) is 158 Å². The Bertz CT molecular complexity index is 2890. The van der Waals surface area contributed by atoms with E-state index in [0.29, 0.717) is 5.95 Å². The molecule has 0 aliphatic heterocycles. The molecule has 0 saturated heterocycles. The van der Waals surface area contributed by atoms with Gasteiger partial charge in [-0.3, -0.25) is 4.57 Å². The van der Waals surface area contributed by atoms with E-state index in [1.54, 1.807) is 0 Å². The number of hydrogen-bond donors (Lipinski definition) is 0. The van der Waals surface area contributed by atoms with E-state index >= 15 is 0 Å². The molecule has 0 radical (unpaired) electrons. The van der Waals surface area contributed by atoms with Crippen molar-refractivity contribution >= 4 is 54.4 Å². The predicted molar refractivity (Wildman–Crippen MR) is 198 cm³/mol. The summed E-state index contributed by atoms with van der Waals surface area (Å²) in [4.78, 5) is 10.6. The second kappa shape index (κ2) is 9.50. The third-order valence-corrected chi connectivity index (χ3v) is 10.1. The molecule has 0 bridgehead atoms. The van der Waals surface area contributed by atoms with Crippen molar-refractivity contribution in [3.63, 3.8) is 0 Å². The van der Waals surface area contributed by atoms with Crippen LogP contribution in [0.25, 0.3) is 99.7 Å². The van der Waals surface area contributed by atoms with Crippen LogP contribution in [0, 0.1) is 0 Å². The topological polar surface area (TPSA) is 35.6 Å². The molecule has 4 heteroatoms. The molecule has 11 rings (SSSR count). The Morgan fingerprint density at radius 1 is 0.417 bits per heavy atom. The third-order valence-electron chi connectivity index (χ3n) is 10.1. The standard InChI is InChI=1S/C44H26N4/c1-5-19-36-32(15-1)42(28-23-25-29(26-24-28)47-37-20-6-2-13-30(37)31-14-3-7-21-38(31)47)46-44(45-36)48-39-22-8-4-16-33(39)41-34-17-9-11-27-12-10-18-35(40(27)34)43(41)48/h1-26H. The lowest BCUT2D eigenvalue weighted by atomic mass is 10.0. The van der Waals surface area contributed by atoms with Gasteiger partial charge in [0.25, 0.3) is 0 Å². The number of fused-ring (bicyclic) bond motifs is 9. The Balaban J connectivity index is 1.14. The van der Waals surface area contributed by atoms with Gasteiger partial charge in [0.15, 0.2) is 0 Å². The van der Waals surface area contributed by atoms with Crippen LogP contribution in [0.3, 0.4) is 0 Å². The van der Waals surface area contributed by atoms with Gasteiger partial charge in [-0.25, -0.2) is 9.97 Å². The first-order chi connectivity index (χ1) is 23.8. The maximum Gasteiger partial charge on any atom is 0.235 e. The van der Waals surface area contributed by atoms with Crippen molar-refractivity contribution < 1.29 is 0 Å². The fraction of sp³-hybridized carbons (Fsp3) is 0. The Morgan fingerprint density at radius 2 is 1.00 bits per heavy atom. The lowest BCUT2D eigenvalue weighted by Crippen LogP contribution is -2.05. The molecular weight excluding hydrogens is 585 g/mol. The van der Waals surface area contributed by atoms with Gasteiger partial charge in [0, 0.05) is 43.9 Å². The molecule has 0 N–H and O–H groups in total. The highest BCUT2D eigenvalue weighted by Crippen LogP contribution is 2.52. The first kappa shape index (κ1) is 25.6. The molecule has 0 amide bonds. The summed E-state index contributed by atoms with van der Waals surface area (Å²) in [6, 6.07) is 56.3. The molecule has 222 valence electrons. The van der Waals surface area contributed by atoms with Gasteiger partial charge in [-0.05, 0) is 52.7 Å². The van der Waals surface area contributed by atoms with Crippen LogP contribution in [0.2, 0.25) is 0 Å². The largest absolute Gasteiger partial charge is 0.309 e. The minimum Gasteiger partial charge on any atom is -0.309 e. The molecule has 7 aromatic carbocycles.